The number of piperidine rings is 1. The van der Waals surface area contributed by atoms with Gasteiger partial charge < -0.3 is 29.2 Å². The average Bonchev–Trinajstić information content (AvgIpc) is 3.66. The van der Waals surface area contributed by atoms with Gasteiger partial charge in [0.15, 0.2) is 0 Å². The second kappa shape index (κ2) is 14.9. The molecule has 0 unspecified atom stereocenters. The first kappa shape index (κ1) is 34.7. The number of benzene rings is 2. The van der Waals surface area contributed by atoms with Crippen LogP contribution in [0.5, 0.6) is 17.2 Å². The lowest BCUT2D eigenvalue weighted by atomic mass is 10.00. The highest BCUT2D eigenvalue weighted by atomic mass is 35.5. The Bertz CT molecular complexity index is 2150. The Hall–Kier alpha value is -4.73. The Kier molecular flexibility index (Phi) is 10.1. The SMILES string of the molecule is CC#CC(=O)Nc1cc(-c2cc3c(cn2)cc(-c2c(Cl)c(OC)cc(OC)c2Cl)c2nccn23)c(OC)cc1N1CCC(N2CCOCC2)CC1. The van der Waals surface area contributed by atoms with Gasteiger partial charge in [0.05, 0.1) is 67.2 Å². The first-order chi connectivity index (χ1) is 24.8. The molecule has 0 bridgehead atoms. The zero-order valence-corrected chi connectivity index (χ0v) is 30.4. The second-order valence-electron chi connectivity index (χ2n) is 12.4. The molecule has 0 atom stereocenters. The highest BCUT2D eigenvalue weighted by molar-refractivity contribution is 6.41. The van der Waals surface area contributed by atoms with E-state index in [4.69, 9.17) is 47.1 Å². The smallest absolute Gasteiger partial charge is 0.300 e. The molecular formula is C38H38Cl2N6O5. The summed E-state index contributed by atoms with van der Waals surface area (Å²) in [6.45, 7) is 6.82. The maximum Gasteiger partial charge on any atom is 0.300 e. The molecule has 2 aromatic carbocycles. The molecule has 2 aliphatic rings. The fourth-order valence-electron chi connectivity index (χ4n) is 7.13. The zero-order valence-electron chi connectivity index (χ0n) is 28.9. The van der Waals surface area contributed by atoms with Gasteiger partial charge >= 0.3 is 0 Å². The van der Waals surface area contributed by atoms with Crippen LogP contribution in [0.25, 0.3) is 38.9 Å². The quantitative estimate of drug-likeness (QED) is 0.173. The molecule has 264 valence electrons. The van der Waals surface area contributed by atoms with Crippen molar-refractivity contribution in [2.75, 3.05) is 70.9 Å². The van der Waals surface area contributed by atoms with Gasteiger partial charge in [0.1, 0.15) is 22.9 Å². The summed E-state index contributed by atoms with van der Waals surface area (Å²) in [5.41, 5.74) is 5.60. The number of rotatable bonds is 8. The first-order valence-electron chi connectivity index (χ1n) is 16.7. The Morgan fingerprint density at radius 2 is 1.61 bits per heavy atom. The highest BCUT2D eigenvalue weighted by Gasteiger charge is 2.28. The number of anilines is 2. The molecule has 0 spiro atoms. The normalized spacial score (nSPS) is 15.5. The van der Waals surface area contributed by atoms with E-state index >= 15 is 0 Å². The number of imidazole rings is 1. The van der Waals surface area contributed by atoms with Crippen LogP contribution >= 0.6 is 23.2 Å². The number of pyridine rings is 2. The maximum absolute atomic E-state index is 12.9. The minimum Gasteiger partial charge on any atom is -0.496 e. The molecule has 0 radical (unpaired) electrons. The number of methoxy groups -OCH3 is 3. The van der Waals surface area contributed by atoms with Crippen molar-refractivity contribution in [2.24, 2.45) is 0 Å². The molecule has 3 aromatic heterocycles. The molecule has 1 N–H and O–H groups in total. The summed E-state index contributed by atoms with van der Waals surface area (Å²) in [6.07, 6.45) is 7.41. The third kappa shape index (κ3) is 6.61. The summed E-state index contributed by atoms with van der Waals surface area (Å²) in [6, 6.07) is 10.0. The number of morpholine rings is 1. The lowest BCUT2D eigenvalue weighted by Gasteiger charge is -2.41. The number of carbonyl (C=O) groups is 1. The summed E-state index contributed by atoms with van der Waals surface area (Å²) in [5, 5.41) is 4.54. The van der Waals surface area contributed by atoms with E-state index in [0.717, 1.165) is 68.8 Å². The standard InChI is InChI=1S/C38H38Cl2N6O5/c1-5-6-34(47)43-28-18-25(31(48-2)20-30(28)45-10-7-24(8-11-45)44-13-15-51-16-14-44)27-19-29-23(22-42-27)17-26(38-41-9-12-46(29)38)35-36(39)32(49-3)21-33(50-4)37(35)40/h9,12,17-22,24H,7-8,10-11,13-16H2,1-4H3,(H,43,47). The highest BCUT2D eigenvalue weighted by Crippen LogP contribution is 2.48. The molecule has 0 aliphatic carbocycles. The number of nitrogens with zero attached hydrogens (tertiary/aromatic N) is 5. The summed E-state index contributed by atoms with van der Waals surface area (Å²) >= 11 is 13.7. The number of carbonyl (C=O) groups excluding carboxylic acids is 1. The number of fused-ring (bicyclic) bond motifs is 3. The molecule has 2 aliphatic heterocycles. The topological polar surface area (TPSA) is 103 Å². The molecule has 11 nitrogen and oxygen atoms in total. The van der Waals surface area contributed by atoms with Crippen LogP contribution in [0, 0.1) is 11.8 Å². The fraction of sp³-hybridized carbons (Fsp3) is 0.342. The third-order valence-electron chi connectivity index (χ3n) is 9.64. The summed E-state index contributed by atoms with van der Waals surface area (Å²) in [5.74, 6) is 6.42. The van der Waals surface area contributed by atoms with E-state index < -0.39 is 0 Å². The van der Waals surface area contributed by atoms with Gasteiger partial charge in [-0.1, -0.05) is 29.1 Å². The van der Waals surface area contributed by atoms with Crippen LogP contribution in [0.3, 0.4) is 0 Å². The Labute approximate surface area is 306 Å². The van der Waals surface area contributed by atoms with Gasteiger partial charge in [0.2, 0.25) is 0 Å². The number of halogens is 2. The Morgan fingerprint density at radius 1 is 0.902 bits per heavy atom. The first-order valence-corrected chi connectivity index (χ1v) is 17.5. The van der Waals surface area contributed by atoms with Crippen molar-refractivity contribution < 1.29 is 23.7 Å². The van der Waals surface area contributed by atoms with Gasteiger partial charge in [-0.3, -0.25) is 19.1 Å². The van der Waals surface area contributed by atoms with Crippen LogP contribution in [-0.4, -0.2) is 91.9 Å². The van der Waals surface area contributed by atoms with Gasteiger partial charge in [-0.2, -0.15) is 0 Å². The summed E-state index contributed by atoms with van der Waals surface area (Å²) in [4.78, 5) is 27.3. The van der Waals surface area contributed by atoms with Crippen LogP contribution in [0.4, 0.5) is 11.4 Å². The number of hydrogen-bond donors (Lipinski definition) is 1. The molecule has 1 amide bonds. The van der Waals surface area contributed by atoms with Gasteiger partial charge in [-0.05, 0) is 43.9 Å². The van der Waals surface area contributed by atoms with E-state index in [0.29, 0.717) is 67.1 Å². The van der Waals surface area contributed by atoms with Crippen molar-refractivity contribution in [2.45, 2.75) is 25.8 Å². The van der Waals surface area contributed by atoms with Crippen molar-refractivity contribution >= 4 is 57.0 Å². The minimum atomic E-state index is -0.385. The molecule has 2 saturated heterocycles. The van der Waals surface area contributed by atoms with Crippen molar-refractivity contribution in [3.63, 3.8) is 0 Å². The van der Waals surface area contributed by atoms with Gasteiger partial charge in [-0.15, -0.1) is 0 Å². The van der Waals surface area contributed by atoms with E-state index in [9.17, 15) is 4.79 Å². The van der Waals surface area contributed by atoms with Gasteiger partial charge in [-0.25, -0.2) is 4.98 Å². The minimum absolute atomic E-state index is 0.342. The molecule has 13 heteroatoms. The van der Waals surface area contributed by atoms with E-state index in [1.54, 1.807) is 46.7 Å². The van der Waals surface area contributed by atoms with Crippen molar-refractivity contribution in [3.05, 3.63) is 59.0 Å². The van der Waals surface area contributed by atoms with Gasteiger partial charge in [0.25, 0.3) is 5.91 Å². The number of ether oxygens (including phenoxy) is 4. The van der Waals surface area contributed by atoms with Crippen LogP contribution in [0.2, 0.25) is 10.0 Å². The largest absolute Gasteiger partial charge is 0.496 e. The predicted molar refractivity (Wildman–Crippen MR) is 201 cm³/mol. The van der Waals surface area contributed by atoms with E-state index in [-0.39, 0.29) is 5.91 Å². The summed E-state index contributed by atoms with van der Waals surface area (Å²) < 4.78 is 24.6. The Balaban J connectivity index is 1.30. The zero-order chi connectivity index (χ0) is 35.6. The van der Waals surface area contributed by atoms with Crippen LogP contribution in [-0.2, 0) is 9.53 Å². The van der Waals surface area contributed by atoms with Crippen LogP contribution < -0.4 is 24.4 Å². The Morgan fingerprint density at radius 3 is 2.27 bits per heavy atom. The molecule has 0 saturated carbocycles. The van der Waals surface area contributed by atoms with Crippen molar-refractivity contribution in [1.82, 2.24) is 19.3 Å². The third-order valence-corrected chi connectivity index (χ3v) is 10.4. The van der Waals surface area contributed by atoms with E-state index in [2.05, 4.69) is 31.9 Å². The molecular weight excluding hydrogens is 691 g/mol. The van der Waals surface area contributed by atoms with Crippen molar-refractivity contribution in [3.8, 4) is 51.5 Å². The molecule has 51 heavy (non-hydrogen) atoms. The number of aromatic nitrogens is 3. The number of hydrogen-bond acceptors (Lipinski definition) is 9. The lowest BCUT2D eigenvalue weighted by Crippen LogP contribution is -2.49. The second-order valence-corrected chi connectivity index (χ2v) is 13.1. The van der Waals surface area contributed by atoms with E-state index in [1.165, 1.54) is 0 Å². The molecule has 2 fully saturated rings. The fourth-order valence-corrected chi connectivity index (χ4v) is 7.83. The predicted octanol–water partition coefficient (Wildman–Crippen LogP) is 6.81. The summed E-state index contributed by atoms with van der Waals surface area (Å²) in [7, 11) is 4.72. The average molecular weight is 730 g/mol. The van der Waals surface area contributed by atoms with Crippen LogP contribution in [0.15, 0.2) is 48.9 Å². The van der Waals surface area contributed by atoms with Crippen molar-refractivity contribution in [1.29, 1.82) is 0 Å². The molecule has 7 rings (SSSR count). The lowest BCUT2D eigenvalue weighted by molar-refractivity contribution is -0.111. The molecule has 5 heterocycles. The van der Waals surface area contributed by atoms with E-state index in [1.807, 2.05) is 34.9 Å². The van der Waals surface area contributed by atoms with Gasteiger partial charge in [0, 0.05) is 85.0 Å². The number of nitrogens with one attached hydrogen (secondary N) is 1. The maximum atomic E-state index is 12.9. The molecule has 5 aromatic rings. The monoisotopic (exact) mass is 728 g/mol. The van der Waals surface area contributed by atoms with Crippen LogP contribution in [0.1, 0.15) is 19.8 Å². The number of amides is 1.